The molecule has 2 amide bonds. The highest BCUT2D eigenvalue weighted by molar-refractivity contribution is 6.02. The van der Waals surface area contributed by atoms with Crippen molar-refractivity contribution in [1.29, 1.82) is 0 Å². The van der Waals surface area contributed by atoms with Gasteiger partial charge in [0.25, 0.3) is 0 Å². The second kappa shape index (κ2) is 12.4. The average molecular weight is 653 g/mol. The number of ketones is 2. The van der Waals surface area contributed by atoms with Crippen LogP contribution in [-0.4, -0.2) is 93.9 Å². The predicted molar refractivity (Wildman–Crippen MR) is 174 cm³/mol. The van der Waals surface area contributed by atoms with Crippen LogP contribution >= 0.6 is 0 Å². The zero-order chi connectivity index (χ0) is 33.7. The molecule has 0 N–H and O–H groups in total. The molecule has 248 valence electrons. The number of rotatable bonds is 2. The van der Waals surface area contributed by atoms with Crippen LogP contribution in [0.4, 0.5) is 9.59 Å². The molecular formula is C36H36N4O8. The zero-order valence-electron chi connectivity index (χ0n) is 26.9. The molecule has 0 saturated carbocycles. The van der Waals surface area contributed by atoms with Crippen molar-refractivity contribution in [2.24, 2.45) is 0 Å². The minimum atomic E-state index is -0.491. The van der Waals surface area contributed by atoms with Gasteiger partial charge in [-0.15, -0.1) is 0 Å². The normalized spacial score (nSPS) is 20.0. The molecule has 4 aliphatic rings. The fourth-order valence-corrected chi connectivity index (χ4v) is 7.65. The Hall–Kier alpha value is -5.26. The van der Waals surface area contributed by atoms with Crippen LogP contribution in [0.1, 0.15) is 61.0 Å². The Kier molecular flexibility index (Phi) is 8.10. The van der Waals surface area contributed by atoms with Crippen LogP contribution in [-0.2, 0) is 41.5 Å². The lowest BCUT2D eigenvalue weighted by Gasteiger charge is -2.30. The molecule has 2 aromatic heterocycles. The molecule has 4 bridgehead atoms. The summed E-state index contributed by atoms with van der Waals surface area (Å²) >= 11 is 0. The van der Waals surface area contributed by atoms with Crippen LogP contribution in [0.5, 0.6) is 0 Å². The number of fused-ring (bicyclic) bond motifs is 12. The summed E-state index contributed by atoms with van der Waals surface area (Å²) in [7, 11) is 0. The van der Waals surface area contributed by atoms with E-state index < -0.39 is 24.0 Å². The number of benzene rings is 2. The molecule has 2 aromatic carbocycles. The number of aromatic nitrogens is 2. The topological polar surface area (TPSA) is 137 Å². The van der Waals surface area contributed by atoms with E-state index in [1.54, 1.807) is 23.6 Å². The fourth-order valence-electron chi connectivity index (χ4n) is 7.65. The number of piperidine rings is 2. The predicted octanol–water partition coefficient (Wildman–Crippen LogP) is 4.17. The van der Waals surface area contributed by atoms with Crippen molar-refractivity contribution >= 4 is 57.4 Å². The van der Waals surface area contributed by atoms with Crippen LogP contribution in [0, 0.1) is 0 Å². The van der Waals surface area contributed by atoms with Crippen molar-refractivity contribution in [3.05, 3.63) is 71.0 Å². The van der Waals surface area contributed by atoms with Gasteiger partial charge in [-0.25, -0.2) is 18.7 Å². The highest BCUT2D eigenvalue weighted by Crippen LogP contribution is 2.39. The van der Waals surface area contributed by atoms with Crippen molar-refractivity contribution in [2.75, 3.05) is 39.4 Å². The first-order valence-corrected chi connectivity index (χ1v) is 16.4. The van der Waals surface area contributed by atoms with Gasteiger partial charge in [0, 0.05) is 61.2 Å². The summed E-state index contributed by atoms with van der Waals surface area (Å²) in [6, 6.07) is 14.9. The van der Waals surface area contributed by atoms with Crippen LogP contribution in [0.3, 0.4) is 0 Å². The van der Waals surface area contributed by atoms with Gasteiger partial charge < -0.3 is 19.3 Å². The molecule has 0 radical (unpaired) electrons. The van der Waals surface area contributed by atoms with E-state index in [4.69, 9.17) is 9.47 Å². The summed E-state index contributed by atoms with van der Waals surface area (Å²) in [6.07, 6.45) is 0.113. The Balaban J connectivity index is 0.000000152. The molecule has 48 heavy (non-hydrogen) atoms. The maximum Gasteiger partial charge on any atom is 0.418 e. The molecule has 6 heterocycles. The third-order valence-electron chi connectivity index (χ3n) is 9.80. The Morgan fingerprint density at radius 1 is 0.646 bits per heavy atom. The van der Waals surface area contributed by atoms with Gasteiger partial charge in [-0.2, -0.15) is 0 Å². The quantitative estimate of drug-likeness (QED) is 0.315. The average Bonchev–Trinajstić information content (AvgIpc) is 3.50. The number of hydrogen-bond acceptors (Lipinski definition) is 8. The molecule has 0 spiro atoms. The van der Waals surface area contributed by atoms with E-state index in [9.17, 15) is 28.8 Å². The minimum Gasteiger partial charge on any atom is -0.449 e. The maximum atomic E-state index is 12.6. The number of hydrogen-bond donors (Lipinski definition) is 0. The van der Waals surface area contributed by atoms with Gasteiger partial charge in [-0.05, 0) is 37.1 Å². The summed E-state index contributed by atoms with van der Waals surface area (Å²) in [6.45, 7) is 5.64. The standard InChI is InChI=1S/2C18H18N2O4/c2*1-2-24-18(23)20-14-6-4-3-5-11(14)12-9-16(22)19-8-7-15(21)13(10-19)17(12)20/h2*3-6,13H,2,7-10H2,1H3/t2*13-/m11/s1. The molecule has 2 fully saturated rings. The number of amides is 2. The first kappa shape index (κ1) is 31.3. The number of carbonyl (C=O) groups excluding carboxylic acids is 6. The van der Waals surface area contributed by atoms with Crippen molar-refractivity contribution in [3.8, 4) is 0 Å². The number of carbonyl (C=O) groups is 6. The molecule has 4 aliphatic heterocycles. The minimum absolute atomic E-state index is 0.0120. The second-order valence-electron chi connectivity index (χ2n) is 12.4. The van der Waals surface area contributed by atoms with Crippen molar-refractivity contribution in [3.63, 3.8) is 0 Å². The number of nitrogens with zero attached hydrogens (tertiary/aromatic N) is 4. The zero-order valence-corrected chi connectivity index (χ0v) is 26.9. The molecule has 2 atom stereocenters. The second-order valence-corrected chi connectivity index (χ2v) is 12.4. The van der Waals surface area contributed by atoms with Gasteiger partial charge in [0.15, 0.2) is 0 Å². The van der Waals surface area contributed by atoms with Crippen LogP contribution in [0.2, 0.25) is 0 Å². The Bertz CT molecular complexity index is 1880. The SMILES string of the molecule is CCOC(=O)n1c2c(c3ccccc31)CC(=O)N1CCC(=O)[C@H]2C1.CCOC(=O)n1c2c(c3ccccc31)CC(=O)N1CCC(=O)[C@H]2C1. The smallest absolute Gasteiger partial charge is 0.418 e. The van der Waals surface area contributed by atoms with E-state index in [0.29, 0.717) is 61.4 Å². The van der Waals surface area contributed by atoms with E-state index in [2.05, 4.69) is 0 Å². The van der Waals surface area contributed by atoms with Gasteiger partial charge in [-0.3, -0.25) is 19.2 Å². The van der Waals surface area contributed by atoms with Crippen LogP contribution < -0.4 is 0 Å². The molecule has 12 nitrogen and oxygen atoms in total. The van der Waals surface area contributed by atoms with Crippen LogP contribution in [0.15, 0.2) is 48.5 Å². The summed E-state index contributed by atoms with van der Waals surface area (Å²) < 4.78 is 13.4. The number of ether oxygens (including phenoxy) is 2. The first-order valence-electron chi connectivity index (χ1n) is 16.4. The molecular weight excluding hydrogens is 616 g/mol. The Morgan fingerprint density at radius 2 is 1.04 bits per heavy atom. The lowest BCUT2D eigenvalue weighted by molar-refractivity contribution is -0.135. The lowest BCUT2D eigenvalue weighted by Crippen LogP contribution is -2.42. The van der Waals surface area contributed by atoms with E-state index >= 15 is 0 Å². The van der Waals surface area contributed by atoms with Gasteiger partial charge in [-0.1, -0.05) is 36.4 Å². The lowest BCUT2D eigenvalue weighted by atomic mass is 9.92. The van der Waals surface area contributed by atoms with Gasteiger partial charge in [0.2, 0.25) is 11.8 Å². The van der Waals surface area contributed by atoms with E-state index in [0.717, 1.165) is 21.9 Å². The molecule has 12 heteroatoms. The molecule has 8 rings (SSSR count). The van der Waals surface area contributed by atoms with Gasteiger partial charge >= 0.3 is 12.2 Å². The summed E-state index contributed by atoms with van der Waals surface area (Å²) in [5, 5.41) is 1.69. The highest BCUT2D eigenvalue weighted by atomic mass is 16.6. The summed E-state index contributed by atoms with van der Waals surface area (Å²) in [5.74, 6) is -0.740. The van der Waals surface area contributed by atoms with E-state index in [-0.39, 0.29) is 49.4 Å². The van der Waals surface area contributed by atoms with Crippen molar-refractivity contribution < 1.29 is 38.2 Å². The summed E-state index contributed by atoms with van der Waals surface area (Å²) in [5.41, 5.74) is 4.23. The summed E-state index contributed by atoms with van der Waals surface area (Å²) in [4.78, 5) is 78.8. The monoisotopic (exact) mass is 652 g/mol. The van der Waals surface area contributed by atoms with Gasteiger partial charge in [0.1, 0.15) is 11.6 Å². The number of para-hydroxylation sites is 2. The molecule has 0 aliphatic carbocycles. The molecule has 4 aromatic rings. The molecule has 0 unspecified atom stereocenters. The van der Waals surface area contributed by atoms with Gasteiger partial charge in [0.05, 0.1) is 48.9 Å². The van der Waals surface area contributed by atoms with Crippen molar-refractivity contribution in [1.82, 2.24) is 18.9 Å². The number of Topliss-reactive ketones (excluding diaryl/α,β-unsaturated/α-hetero) is 2. The molecule has 2 saturated heterocycles. The Labute approximate surface area is 276 Å². The first-order chi connectivity index (χ1) is 23.2. The maximum absolute atomic E-state index is 12.6. The van der Waals surface area contributed by atoms with Crippen LogP contribution in [0.25, 0.3) is 21.8 Å². The third-order valence-corrected chi connectivity index (χ3v) is 9.80. The largest absolute Gasteiger partial charge is 0.449 e. The highest BCUT2D eigenvalue weighted by Gasteiger charge is 2.42. The fraction of sp³-hybridized carbons (Fsp3) is 0.389. The van der Waals surface area contributed by atoms with E-state index in [1.165, 1.54) is 9.13 Å². The third kappa shape index (κ3) is 5.06. The van der Waals surface area contributed by atoms with E-state index in [1.807, 2.05) is 48.5 Å². The Morgan fingerprint density at radius 3 is 1.44 bits per heavy atom. The van der Waals surface area contributed by atoms with Crippen molar-refractivity contribution in [2.45, 2.75) is 51.4 Å².